The molecule has 7 nitrogen and oxygen atoms in total. The van der Waals surface area contributed by atoms with Crippen LogP contribution in [0.2, 0.25) is 0 Å². The number of hydrogen-bond donors (Lipinski definition) is 0. The molecule has 0 fully saturated rings. The third-order valence-corrected chi connectivity index (χ3v) is 6.64. The number of hydrogen-bond acceptors (Lipinski definition) is 6. The van der Waals surface area contributed by atoms with E-state index in [9.17, 15) is 4.79 Å². The molecule has 0 bridgehead atoms. The Kier molecular flexibility index (Phi) is 9.05. The molecule has 1 heterocycles. The van der Waals surface area contributed by atoms with Crippen molar-refractivity contribution in [2.24, 2.45) is 0 Å². The lowest BCUT2D eigenvalue weighted by Crippen LogP contribution is -2.36. The first-order chi connectivity index (χ1) is 16.3. The van der Waals surface area contributed by atoms with Crippen LogP contribution in [-0.2, 0) is 17.6 Å². The highest BCUT2D eigenvalue weighted by Gasteiger charge is 2.22. The van der Waals surface area contributed by atoms with Crippen LogP contribution in [0.25, 0.3) is 0 Å². The Labute approximate surface area is 204 Å². The number of anilines is 2. The van der Waals surface area contributed by atoms with E-state index in [0.29, 0.717) is 12.2 Å². The lowest BCUT2D eigenvalue weighted by molar-refractivity contribution is -0.130. The van der Waals surface area contributed by atoms with E-state index in [1.807, 2.05) is 17.0 Å². The van der Waals surface area contributed by atoms with Crippen molar-refractivity contribution >= 4 is 17.3 Å². The van der Waals surface area contributed by atoms with Gasteiger partial charge in [0.15, 0.2) is 11.5 Å². The van der Waals surface area contributed by atoms with E-state index in [1.165, 1.54) is 16.9 Å². The van der Waals surface area contributed by atoms with Crippen LogP contribution < -0.4 is 19.3 Å². The molecule has 34 heavy (non-hydrogen) atoms. The summed E-state index contributed by atoms with van der Waals surface area (Å²) in [5.74, 6) is 1.60. The van der Waals surface area contributed by atoms with Gasteiger partial charge in [-0.1, -0.05) is 0 Å². The molecule has 0 saturated heterocycles. The molecular formula is C27H40N4O3. The standard InChI is InChI=1S/C27H40N4O3/c1-28(2)23-8-10-24(11-9-23)30(4)17-16-29(3)13-7-14-31-15-12-21-18-25(33-5)26(34-6)19-22(21)20-27(31)32/h8-11,18-19H,7,12-17,20H2,1-6H3. The first-order valence-corrected chi connectivity index (χ1v) is 12.0. The molecule has 0 unspecified atom stereocenters. The van der Waals surface area contributed by atoms with Gasteiger partial charge in [-0.15, -0.1) is 0 Å². The Morgan fingerprint density at radius 2 is 1.47 bits per heavy atom. The van der Waals surface area contributed by atoms with Crippen molar-refractivity contribution in [1.82, 2.24) is 9.80 Å². The van der Waals surface area contributed by atoms with Gasteiger partial charge in [-0.05, 0) is 74.0 Å². The molecule has 0 atom stereocenters. The SMILES string of the molecule is COc1cc2c(cc1OC)CC(=O)N(CCCN(C)CCN(C)c1ccc(N(C)C)cc1)CC2. The Morgan fingerprint density at radius 3 is 2.09 bits per heavy atom. The van der Waals surface area contributed by atoms with Crippen molar-refractivity contribution in [3.8, 4) is 11.5 Å². The number of nitrogens with zero attached hydrogens (tertiary/aromatic N) is 4. The van der Waals surface area contributed by atoms with E-state index in [-0.39, 0.29) is 5.91 Å². The highest BCUT2D eigenvalue weighted by Crippen LogP contribution is 2.32. The quantitative estimate of drug-likeness (QED) is 0.505. The molecule has 0 aliphatic carbocycles. The van der Waals surface area contributed by atoms with Crippen LogP contribution in [-0.4, -0.2) is 90.8 Å². The minimum Gasteiger partial charge on any atom is -0.493 e. The van der Waals surface area contributed by atoms with Crippen LogP contribution in [0, 0.1) is 0 Å². The van der Waals surface area contributed by atoms with E-state index in [4.69, 9.17) is 9.47 Å². The minimum atomic E-state index is 0.189. The molecule has 1 aliphatic heterocycles. The van der Waals surface area contributed by atoms with Gasteiger partial charge in [0.2, 0.25) is 5.91 Å². The number of fused-ring (bicyclic) bond motifs is 1. The second-order valence-corrected chi connectivity index (χ2v) is 9.27. The molecule has 0 radical (unpaired) electrons. The predicted molar refractivity (Wildman–Crippen MR) is 140 cm³/mol. The van der Waals surface area contributed by atoms with Crippen LogP contribution in [0.3, 0.4) is 0 Å². The van der Waals surface area contributed by atoms with Crippen molar-refractivity contribution in [3.63, 3.8) is 0 Å². The first-order valence-electron chi connectivity index (χ1n) is 12.0. The van der Waals surface area contributed by atoms with Gasteiger partial charge in [-0.25, -0.2) is 0 Å². The zero-order chi connectivity index (χ0) is 24.7. The molecule has 0 spiro atoms. The lowest BCUT2D eigenvalue weighted by Gasteiger charge is -2.25. The van der Waals surface area contributed by atoms with Crippen molar-refractivity contribution in [2.75, 3.05) is 84.9 Å². The fourth-order valence-electron chi connectivity index (χ4n) is 4.35. The van der Waals surface area contributed by atoms with Crippen molar-refractivity contribution in [2.45, 2.75) is 19.3 Å². The van der Waals surface area contributed by atoms with Crippen LogP contribution in [0.5, 0.6) is 11.5 Å². The van der Waals surface area contributed by atoms with Crippen LogP contribution in [0.15, 0.2) is 36.4 Å². The summed E-state index contributed by atoms with van der Waals surface area (Å²) in [5, 5.41) is 0. The van der Waals surface area contributed by atoms with Gasteiger partial charge < -0.3 is 29.1 Å². The van der Waals surface area contributed by atoms with Crippen molar-refractivity contribution < 1.29 is 14.3 Å². The molecule has 7 heteroatoms. The largest absolute Gasteiger partial charge is 0.493 e. The maximum absolute atomic E-state index is 12.9. The fourth-order valence-corrected chi connectivity index (χ4v) is 4.35. The number of carbonyl (C=O) groups is 1. The third-order valence-electron chi connectivity index (χ3n) is 6.64. The summed E-state index contributed by atoms with van der Waals surface area (Å²) in [7, 11) is 11.7. The zero-order valence-corrected chi connectivity index (χ0v) is 21.6. The smallest absolute Gasteiger partial charge is 0.227 e. The highest BCUT2D eigenvalue weighted by atomic mass is 16.5. The number of methoxy groups -OCH3 is 2. The van der Waals surface area contributed by atoms with Crippen LogP contribution in [0.4, 0.5) is 11.4 Å². The fraction of sp³-hybridized carbons (Fsp3) is 0.519. The topological polar surface area (TPSA) is 48.5 Å². The number of carbonyl (C=O) groups excluding carboxylic acids is 1. The summed E-state index contributed by atoms with van der Waals surface area (Å²) >= 11 is 0. The van der Waals surface area contributed by atoms with Crippen LogP contribution >= 0.6 is 0 Å². The van der Waals surface area contributed by atoms with E-state index in [1.54, 1.807) is 14.2 Å². The molecule has 3 rings (SSSR count). The number of benzene rings is 2. The Hall–Kier alpha value is -2.93. The summed E-state index contributed by atoms with van der Waals surface area (Å²) < 4.78 is 10.9. The van der Waals surface area contributed by atoms with Gasteiger partial charge in [-0.2, -0.15) is 0 Å². The first kappa shape index (κ1) is 25.7. The Morgan fingerprint density at radius 1 is 0.853 bits per heavy atom. The average molecular weight is 469 g/mol. The average Bonchev–Trinajstić information content (AvgIpc) is 2.99. The van der Waals surface area contributed by atoms with E-state index in [0.717, 1.165) is 56.9 Å². The molecule has 0 saturated carbocycles. The Bertz CT molecular complexity index is 946. The normalized spacial score (nSPS) is 13.5. The van der Waals surface area contributed by atoms with Gasteiger partial charge in [-0.3, -0.25) is 4.79 Å². The van der Waals surface area contributed by atoms with Gasteiger partial charge in [0.05, 0.1) is 20.6 Å². The van der Waals surface area contributed by atoms with E-state index >= 15 is 0 Å². The molecule has 2 aromatic carbocycles. The van der Waals surface area contributed by atoms with Crippen LogP contribution in [0.1, 0.15) is 17.5 Å². The summed E-state index contributed by atoms with van der Waals surface area (Å²) in [4.78, 5) is 21.6. The maximum atomic E-state index is 12.9. The molecule has 186 valence electrons. The highest BCUT2D eigenvalue weighted by molar-refractivity contribution is 5.80. The van der Waals surface area contributed by atoms with Gasteiger partial charge >= 0.3 is 0 Å². The van der Waals surface area contributed by atoms with Crippen molar-refractivity contribution in [1.29, 1.82) is 0 Å². The number of rotatable bonds is 11. The molecule has 0 N–H and O–H groups in total. The predicted octanol–water partition coefficient (Wildman–Crippen LogP) is 3.16. The maximum Gasteiger partial charge on any atom is 0.227 e. The molecule has 1 amide bonds. The Balaban J connectivity index is 1.44. The van der Waals surface area contributed by atoms with E-state index in [2.05, 4.69) is 67.2 Å². The summed E-state index contributed by atoms with van der Waals surface area (Å²) in [6, 6.07) is 12.6. The number of ether oxygens (including phenoxy) is 2. The third kappa shape index (κ3) is 6.56. The second kappa shape index (κ2) is 12.0. The molecular weight excluding hydrogens is 428 g/mol. The van der Waals surface area contributed by atoms with Gasteiger partial charge in [0, 0.05) is 58.7 Å². The summed E-state index contributed by atoms with van der Waals surface area (Å²) in [6.45, 7) is 4.43. The van der Waals surface area contributed by atoms with Gasteiger partial charge in [0.1, 0.15) is 0 Å². The monoisotopic (exact) mass is 468 g/mol. The molecule has 0 aromatic heterocycles. The number of amides is 1. The van der Waals surface area contributed by atoms with Crippen molar-refractivity contribution in [3.05, 3.63) is 47.5 Å². The zero-order valence-electron chi connectivity index (χ0n) is 21.6. The number of likely N-dealkylation sites (N-methyl/N-ethyl adjacent to an activating group) is 2. The minimum absolute atomic E-state index is 0.189. The summed E-state index contributed by atoms with van der Waals surface area (Å²) in [6.07, 6.45) is 2.23. The van der Waals surface area contributed by atoms with Gasteiger partial charge in [0.25, 0.3) is 0 Å². The molecule has 2 aromatic rings. The molecule has 1 aliphatic rings. The second-order valence-electron chi connectivity index (χ2n) is 9.27. The lowest BCUT2D eigenvalue weighted by atomic mass is 10.0. The van der Waals surface area contributed by atoms with E-state index < -0.39 is 0 Å². The summed E-state index contributed by atoms with van der Waals surface area (Å²) in [5.41, 5.74) is 4.65.